The number of halogens is 1. The Morgan fingerprint density at radius 2 is 1.79 bits per heavy atom. The van der Waals surface area contributed by atoms with E-state index in [2.05, 4.69) is 17.4 Å². The van der Waals surface area contributed by atoms with Crippen molar-refractivity contribution in [1.29, 1.82) is 0 Å². The van der Waals surface area contributed by atoms with Crippen molar-refractivity contribution in [2.24, 2.45) is 0 Å². The van der Waals surface area contributed by atoms with Crippen molar-refractivity contribution in [2.75, 3.05) is 0 Å². The van der Waals surface area contributed by atoms with Crippen LogP contribution in [0.4, 0.5) is 0 Å². The molecular weight excluding hydrogens is 322 g/mol. The van der Waals surface area contributed by atoms with E-state index in [-0.39, 0.29) is 11.9 Å². The molecule has 0 bridgehead atoms. The predicted molar refractivity (Wildman–Crippen MR) is 98.5 cm³/mol. The molecule has 0 fully saturated rings. The number of hydrogen-bond acceptors (Lipinski definition) is 2. The molecule has 1 N–H and O–H groups in total. The minimum absolute atomic E-state index is 0.0759. The van der Waals surface area contributed by atoms with Crippen LogP contribution in [0.25, 0.3) is 0 Å². The van der Waals surface area contributed by atoms with Crippen LogP contribution in [0.1, 0.15) is 32.3 Å². The molecule has 2 atom stereocenters. The molecule has 0 aliphatic carbocycles. The molecule has 0 aromatic heterocycles. The number of benzene rings is 2. The van der Waals surface area contributed by atoms with E-state index in [4.69, 9.17) is 16.3 Å². The van der Waals surface area contributed by atoms with E-state index in [0.717, 1.165) is 12.8 Å². The first kappa shape index (κ1) is 18.3. The molecule has 0 saturated heterocycles. The summed E-state index contributed by atoms with van der Waals surface area (Å²) < 4.78 is 5.77. The fraction of sp³-hybridized carbons (Fsp3) is 0.350. The number of carbonyl (C=O) groups excluding carboxylic acids is 1. The van der Waals surface area contributed by atoms with Crippen LogP contribution >= 0.6 is 11.6 Å². The third kappa shape index (κ3) is 5.89. The molecular formula is C20H24ClNO2. The minimum atomic E-state index is -0.495. The van der Waals surface area contributed by atoms with Crippen LogP contribution in [-0.2, 0) is 11.2 Å². The molecule has 0 unspecified atom stereocenters. The van der Waals surface area contributed by atoms with Crippen molar-refractivity contribution < 1.29 is 9.53 Å². The number of rotatable bonds is 8. The Morgan fingerprint density at radius 1 is 1.12 bits per heavy atom. The lowest BCUT2D eigenvalue weighted by molar-refractivity contribution is -0.128. The van der Waals surface area contributed by atoms with E-state index in [9.17, 15) is 4.79 Å². The van der Waals surface area contributed by atoms with Crippen molar-refractivity contribution in [3.05, 3.63) is 65.2 Å². The molecule has 3 nitrogen and oxygen atoms in total. The molecule has 0 heterocycles. The van der Waals surface area contributed by atoms with Gasteiger partial charge < -0.3 is 10.1 Å². The molecule has 2 rings (SSSR count). The number of carbonyl (C=O) groups is 1. The number of ether oxygens (including phenoxy) is 1. The van der Waals surface area contributed by atoms with Gasteiger partial charge >= 0.3 is 0 Å². The van der Waals surface area contributed by atoms with Gasteiger partial charge in [0.2, 0.25) is 0 Å². The average Bonchev–Trinajstić information content (AvgIpc) is 2.60. The highest BCUT2D eigenvalue weighted by Crippen LogP contribution is 2.18. The number of aryl methyl sites for hydroxylation is 1. The van der Waals surface area contributed by atoms with Crippen LogP contribution in [0, 0.1) is 0 Å². The Labute approximate surface area is 149 Å². The summed E-state index contributed by atoms with van der Waals surface area (Å²) in [5, 5.41) is 3.69. The lowest BCUT2D eigenvalue weighted by atomic mass is 10.1. The smallest absolute Gasteiger partial charge is 0.261 e. The monoisotopic (exact) mass is 345 g/mol. The summed E-state index contributed by atoms with van der Waals surface area (Å²) >= 11 is 5.86. The van der Waals surface area contributed by atoms with E-state index < -0.39 is 6.10 Å². The quantitative estimate of drug-likeness (QED) is 0.757. The van der Waals surface area contributed by atoms with Gasteiger partial charge in [-0.2, -0.15) is 0 Å². The highest BCUT2D eigenvalue weighted by molar-refractivity contribution is 6.30. The molecule has 128 valence electrons. The number of hydrogen-bond donors (Lipinski definition) is 1. The largest absolute Gasteiger partial charge is 0.481 e. The van der Waals surface area contributed by atoms with Gasteiger partial charge in [0.25, 0.3) is 5.91 Å². The first-order valence-corrected chi connectivity index (χ1v) is 8.72. The zero-order valence-corrected chi connectivity index (χ0v) is 14.9. The maximum absolute atomic E-state index is 12.4. The molecule has 2 aromatic rings. The maximum Gasteiger partial charge on any atom is 0.261 e. The molecule has 0 aliphatic rings. The van der Waals surface area contributed by atoms with Crippen LogP contribution < -0.4 is 10.1 Å². The molecule has 1 amide bonds. The van der Waals surface area contributed by atoms with Crippen LogP contribution in [0.15, 0.2) is 54.6 Å². The van der Waals surface area contributed by atoms with Gasteiger partial charge in [-0.3, -0.25) is 4.79 Å². The van der Waals surface area contributed by atoms with Crippen molar-refractivity contribution >= 4 is 17.5 Å². The zero-order valence-electron chi connectivity index (χ0n) is 14.2. The van der Waals surface area contributed by atoms with Gasteiger partial charge in [-0.15, -0.1) is 0 Å². The summed E-state index contributed by atoms with van der Waals surface area (Å²) in [6, 6.07) is 17.4. The topological polar surface area (TPSA) is 38.3 Å². The van der Waals surface area contributed by atoms with E-state index in [0.29, 0.717) is 17.2 Å². The Morgan fingerprint density at radius 3 is 2.42 bits per heavy atom. The Hall–Kier alpha value is -2.00. The maximum atomic E-state index is 12.4. The van der Waals surface area contributed by atoms with Crippen molar-refractivity contribution in [3.8, 4) is 5.75 Å². The molecule has 24 heavy (non-hydrogen) atoms. The summed E-state index contributed by atoms with van der Waals surface area (Å²) in [7, 11) is 0. The Bertz CT molecular complexity index is 628. The number of amides is 1. The predicted octanol–water partition coefficient (Wildman–Crippen LogP) is 4.63. The summed E-state index contributed by atoms with van der Waals surface area (Å²) in [4.78, 5) is 12.4. The van der Waals surface area contributed by atoms with Crippen molar-refractivity contribution in [2.45, 2.75) is 45.3 Å². The lowest BCUT2D eigenvalue weighted by Crippen LogP contribution is -2.42. The Kier molecular flexibility index (Phi) is 7.13. The molecule has 2 aromatic carbocycles. The Balaban J connectivity index is 1.83. The van der Waals surface area contributed by atoms with Gasteiger partial charge in [0.15, 0.2) is 6.10 Å². The second-order valence-electron chi connectivity index (χ2n) is 5.90. The fourth-order valence-corrected chi connectivity index (χ4v) is 2.56. The average molecular weight is 346 g/mol. The van der Waals surface area contributed by atoms with Gasteiger partial charge in [0.05, 0.1) is 0 Å². The normalized spacial score (nSPS) is 13.1. The SMILES string of the molecule is CC[C@H](Oc1ccc(Cl)cc1)C(=O)N[C@H](C)CCc1ccccc1. The van der Waals surface area contributed by atoms with E-state index in [1.807, 2.05) is 32.0 Å². The summed E-state index contributed by atoms with van der Waals surface area (Å²) in [6.45, 7) is 3.96. The van der Waals surface area contributed by atoms with Crippen LogP contribution in [0.2, 0.25) is 5.02 Å². The second kappa shape index (κ2) is 9.33. The molecule has 4 heteroatoms. The summed E-state index contributed by atoms with van der Waals surface area (Å²) in [6.07, 6.45) is 1.95. The standard InChI is InChI=1S/C20H24ClNO2/c1-3-19(24-18-13-11-17(21)12-14-18)20(23)22-15(2)9-10-16-7-5-4-6-8-16/h4-8,11-15,19H,3,9-10H2,1-2H3,(H,22,23)/t15-,19+/m1/s1. The first-order chi connectivity index (χ1) is 11.6. The summed E-state index contributed by atoms with van der Waals surface area (Å²) in [5.41, 5.74) is 1.28. The van der Waals surface area contributed by atoms with E-state index in [1.165, 1.54) is 5.56 Å². The molecule has 0 radical (unpaired) electrons. The lowest BCUT2D eigenvalue weighted by Gasteiger charge is -2.20. The van der Waals surface area contributed by atoms with E-state index >= 15 is 0 Å². The van der Waals surface area contributed by atoms with Crippen molar-refractivity contribution in [3.63, 3.8) is 0 Å². The summed E-state index contributed by atoms with van der Waals surface area (Å²) in [5.74, 6) is 0.575. The van der Waals surface area contributed by atoms with Crippen LogP contribution in [-0.4, -0.2) is 18.1 Å². The number of nitrogens with one attached hydrogen (secondary N) is 1. The van der Waals surface area contributed by atoms with Gasteiger partial charge in [-0.05, 0) is 56.0 Å². The molecule has 0 saturated carbocycles. The van der Waals surface area contributed by atoms with Crippen molar-refractivity contribution in [1.82, 2.24) is 5.32 Å². The highest BCUT2D eigenvalue weighted by atomic mass is 35.5. The minimum Gasteiger partial charge on any atom is -0.481 e. The van der Waals surface area contributed by atoms with Gasteiger partial charge in [-0.1, -0.05) is 48.9 Å². The zero-order chi connectivity index (χ0) is 17.4. The van der Waals surface area contributed by atoms with E-state index in [1.54, 1.807) is 24.3 Å². The van der Waals surface area contributed by atoms with Gasteiger partial charge in [0.1, 0.15) is 5.75 Å². The molecule has 0 spiro atoms. The van der Waals surface area contributed by atoms with Crippen LogP contribution in [0.5, 0.6) is 5.75 Å². The van der Waals surface area contributed by atoms with Gasteiger partial charge in [-0.25, -0.2) is 0 Å². The first-order valence-electron chi connectivity index (χ1n) is 8.35. The fourth-order valence-electron chi connectivity index (χ4n) is 2.44. The van der Waals surface area contributed by atoms with Gasteiger partial charge in [0, 0.05) is 11.1 Å². The molecule has 0 aliphatic heterocycles. The van der Waals surface area contributed by atoms with Crippen LogP contribution in [0.3, 0.4) is 0 Å². The third-order valence-electron chi connectivity index (χ3n) is 3.85. The second-order valence-corrected chi connectivity index (χ2v) is 6.34. The highest BCUT2D eigenvalue weighted by Gasteiger charge is 2.20. The third-order valence-corrected chi connectivity index (χ3v) is 4.10.